The molecule has 0 aliphatic rings. The van der Waals surface area contributed by atoms with Crippen molar-refractivity contribution < 1.29 is 18.3 Å². The minimum Gasteiger partial charge on any atom is -0.478 e. The Kier molecular flexibility index (Phi) is 3.63. The van der Waals surface area contributed by atoms with Gasteiger partial charge in [0.1, 0.15) is 17.1 Å². The molecular formula is C14H10N2O4S2. The Bertz CT molecular complexity index is 950. The van der Waals surface area contributed by atoms with E-state index in [1.165, 1.54) is 30.6 Å². The maximum Gasteiger partial charge on any atom is 0.336 e. The van der Waals surface area contributed by atoms with Crippen molar-refractivity contribution in [3.63, 3.8) is 0 Å². The molecule has 0 aliphatic carbocycles. The first-order valence-electron chi connectivity index (χ1n) is 6.22. The third-order valence-electron chi connectivity index (χ3n) is 3.16. The van der Waals surface area contributed by atoms with Gasteiger partial charge in [-0.3, -0.25) is 0 Å². The van der Waals surface area contributed by atoms with Crippen molar-refractivity contribution in [1.82, 2.24) is 9.36 Å². The van der Waals surface area contributed by atoms with Crippen LogP contribution in [0.4, 0.5) is 0 Å². The number of benzene rings is 2. The standard InChI is InChI=1S/C14H10N2O4S2/c17-14(18)12-3-1-2-9-6-10(4-5-11(9)12)22(19,20)7-13-15-8-16-21-13/h1-6,8H,7H2,(H,17,18). The highest BCUT2D eigenvalue weighted by molar-refractivity contribution is 7.90. The molecule has 0 spiro atoms. The predicted octanol–water partition coefficient (Wildman–Crippen LogP) is 2.36. The molecule has 0 saturated heterocycles. The quantitative estimate of drug-likeness (QED) is 0.786. The van der Waals surface area contributed by atoms with E-state index in [-0.39, 0.29) is 16.2 Å². The van der Waals surface area contributed by atoms with Gasteiger partial charge in [-0.05, 0) is 40.5 Å². The molecule has 22 heavy (non-hydrogen) atoms. The van der Waals surface area contributed by atoms with Gasteiger partial charge in [-0.15, -0.1) is 0 Å². The van der Waals surface area contributed by atoms with E-state index in [1.807, 2.05) is 0 Å². The largest absolute Gasteiger partial charge is 0.478 e. The van der Waals surface area contributed by atoms with Crippen LogP contribution in [-0.4, -0.2) is 28.9 Å². The van der Waals surface area contributed by atoms with Crippen molar-refractivity contribution in [2.45, 2.75) is 10.6 Å². The lowest BCUT2D eigenvalue weighted by Crippen LogP contribution is -2.05. The molecule has 0 unspecified atom stereocenters. The van der Waals surface area contributed by atoms with Crippen LogP contribution in [0, 0.1) is 0 Å². The van der Waals surface area contributed by atoms with Gasteiger partial charge in [-0.25, -0.2) is 18.2 Å². The van der Waals surface area contributed by atoms with E-state index in [9.17, 15) is 13.2 Å². The normalized spacial score (nSPS) is 11.6. The molecule has 0 saturated carbocycles. The predicted molar refractivity (Wildman–Crippen MR) is 81.7 cm³/mol. The minimum absolute atomic E-state index is 0.137. The SMILES string of the molecule is O=C(O)c1cccc2cc(S(=O)(=O)Cc3ncns3)ccc12. The van der Waals surface area contributed by atoms with E-state index in [0.29, 0.717) is 15.8 Å². The van der Waals surface area contributed by atoms with Gasteiger partial charge in [-0.1, -0.05) is 18.2 Å². The summed E-state index contributed by atoms with van der Waals surface area (Å²) in [6.45, 7) is 0. The molecule has 0 bridgehead atoms. The maximum absolute atomic E-state index is 12.4. The number of carboxylic acids is 1. The topological polar surface area (TPSA) is 97.2 Å². The van der Waals surface area contributed by atoms with Crippen molar-refractivity contribution in [1.29, 1.82) is 0 Å². The molecule has 1 heterocycles. The van der Waals surface area contributed by atoms with Crippen molar-refractivity contribution in [2.24, 2.45) is 0 Å². The third-order valence-corrected chi connectivity index (χ3v) is 5.63. The molecule has 0 fully saturated rings. The van der Waals surface area contributed by atoms with Crippen molar-refractivity contribution >= 4 is 38.1 Å². The van der Waals surface area contributed by atoms with Gasteiger partial charge in [0.2, 0.25) is 0 Å². The highest BCUT2D eigenvalue weighted by Crippen LogP contribution is 2.24. The summed E-state index contributed by atoms with van der Waals surface area (Å²) in [7, 11) is -3.55. The monoisotopic (exact) mass is 334 g/mol. The number of carboxylic acid groups (broad SMARTS) is 1. The van der Waals surface area contributed by atoms with Crippen LogP contribution < -0.4 is 0 Å². The highest BCUT2D eigenvalue weighted by atomic mass is 32.2. The molecule has 1 N–H and O–H groups in total. The first kappa shape index (κ1) is 14.6. The molecule has 0 amide bonds. The first-order valence-corrected chi connectivity index (χ1v) is 8.64. The molecule has 8 heteroatoms. The number of sulfone groups is 1. The molecule has 6 nitrogen and oxygen atoms in total. The van der Waals surface area contributed by atoms with Crippen LogP contribution in [0.25, 0.3) is 10.8 Å². The second-order valence-corrected chi connectivity index (χ2v) is 7.44. The fourth-order valence-electron chi connectivity index (χ4n) is 2.15. The van der Waals surface area contributed by atoms with Gasteiger partial charge in [0, 0.05) is 0 Å². The van der Waals surface area contributed by atoms with E-state index < -0.39 is 15.8 Å². The second-order valence-electron chi connectivity index (χ2n) is 4.59. The summed E-state index contributed by atoms with van der Waals surface area (Å²) in [6, 6.07) is 9.19. The van der Waals surface area contributed by atoms with Crippen LogP contribution in [0.1, 0.15) is 15.4 Å². The number of rotatable bonds is 4. The molecular weight excluding hydrogens is 324 g/mol. The molecule has 3 rings (SSSR count). The molecule has 1 aromatic heterocycles. The lowest BCUT2D eigenvalue weighted by Gasteiger charge is -2.06. The van der Waals surface area contributed by atoms with Crippen LogP contribution >= 0.6 is 11.5 Å². The summed E-state index contributed by atoms with van der Waals surface area (Å²) < 4.78 is 28.6. The average molecular weight is 334 g/mol. The number of fused-ring (bicyclic) bond motifs is 1. The summed E-state index contributed by atoms with van der Waals surface area (Å²) in [6.07, 6.45) is 1.31. The van der Waals surface area contributed by atoms with Gasteiger partial charge in [-0.2, -0.15) is 4.37 Å². The lowest BCUT2D eigenvalue weighted by molar-refractivity contribution is 0.0699. The number of nitrogens with zero attached hydrogens (tertiary/aromatic N) is 2. The Morgan fingerprint density at radius 3 is 2.73 bits per heavy atom. The first-order chi connectivity index (χ1) is 10.5. The fourth-order valence-corrected chi connectivity index (χ4v) is 4.28. The molecule has 3 aromatic rings. The highest BCUT2D eigenvalue weighted by Gasteiger charge is 2.18. The maximum atomic E-state index is 12.4. The van der Waals surface area contributed by atoms with Gasteiger partial charge in [0.15, 0.2) is 9.84 Å². The summed E-state index contributed by atoms with van der Waals surface area (Å²) in [5, 5.41) is 10.6. The molecule has 0 radical (unpaired) electrons. The number of carbonyl (C=O) groups is 1. The smallest absolute Gasteiger partial charge is 0.336 e. The number of hydrogen-bond donors (Lipinski definition) is 1. The lowest BCUT2D eigenvalue weighted by atomic mass is 10.1. The molecule has 0 atom stereocenters. The van der Waals surface area contributed by atoms with E-state index in [4.69, 9.17) is 5.11 Å². The molecule has 0 aliphatic heterocycles. The Balaban J connectivity index is 2.07. The van der Waals surface area contributed by atoms with Crippen LogP contribution in [-0.2, 0) is 15.6 Å². The zero-order chi connectivity index (χ0) is 15.7. The van der Waals surface area contributed by atoms with Crippen LogP contribution in [0.2, 0.25) is 0 Å². The van der Waals surface area contributed by atoms with Crippen molar-refractivity contribution in [3.8, 4) is 0 Å². The Hall–Kier alpha value is -2.32. The third kappa shape index (κ3) is 2.70. The summed E-state index contributed by atoms with van der Waals surface area (Å²) >= 11 is 1.04. The Labute approximate surface area is 130 Å². The van der Waals surface area contributed by atoms with Gasteiger partial charge in [0.25, 0.3) is 0 Å². The van der Waals surface area contributed by atoms with Crippen molar-refractivity contribution in [2.75, 3.05) is 0 Å². The minimum atomic E-state index is -3.55. The van der Waals surface area contributed by atoms with Gasteiger partial charge < -0.3 is 5.11 Å². The van der Waals surface area contributed by atoms with Crippen molar-refractivity contribution in [3.05, 3.63) is 53.3 Å². The summed E-state index contributed by atoms with van der Waals surface area (Å²) in [4.78, 5) is 15.2. The summed E-state index contributed by atoms with van der Waals surface area (Å²) in [5.41, 5.74) is 0.144. The zero-order valence-electron chi connectivity index (χ0n) is 11.1. The average Bonchev–Trinajstić information content (AvgIpc) is 2.98. The Morgan fingerprint density at radius 1 is 1.23 bits per heavy atom. The van der Waals surface area contributed by atoms with E-state index in [1.54, 1.807) is 12.1 Å². The Morgan fingerprint density at radius 2 is 2.05 bits per heavy atom. The second kappa shape index (κ2) is 5.47. The molecule has 112 valence electrons. The van der Waals surface area contributed by atoms with Crippen LogP contribution in [0.5, 0.6) is 0 Å². The van der Waals surface area contributed by atoms with Gasteiger partial charge in [0.05, 0.1) is 10.5 Å². The number of aromatic nitrogens is 2. The fraction of sp³-hybridized carbons (Fsp3) is 0.0714. The van der Waals surface area contributed by atoms with Gasteiger partial charge >= 0.3 is 5.97 Å². The van der Waals surface area contributed by atoms with E-state index >= 15 is 0 Å². The van der Waals surface area contributed by atoms with E-state index in [0.717, 1.165) is 11.5 Å². The summed E-state index contributed by atoms with van der Waals surface area (Å²) in [5.74, 6) is -1.27. The van der Waals surface area contributed by atoms with Crippen LogP contribution in [0.3, 0.4) is 0 Å². The number of hydrogen-bond acceptors (Lipinski definition) is 6. The van der Waals surface area contributed by atoms with Crippen LogP contribution in [0.15, 0.2) is 47.6 Å². The molecule has 2 aromatic carbocycles. The zero-order valence-corrected chi connectivity index (χ0v) is 12.8. The number of aromatic carboxylic acids is 1. The van der Waals surface area contributed by atoms with E-state index in [2.05, 4.69) is 9.36 Å².